The molecule has 112 valence electrons. The van der Waals surface area contributed by atoms with Crippen LogP contribution in [0.15, 0.2) is 24.7 Å². The lowest BCUT2D eigenvalue weighted by Gasteiger charge is -2.17. The molecule has 21 heavy (non-hydrogen) atoms. The average molecular weight is 301 g/mol. The summed E-state index contributed by atoms with van der Waals surface area (Å²) < 4.78 is 55.3. The highest BCUT2D eigenvalue weighted by atomic mass is 19.4. The first-order valence-corrected chi connectivity index (χ1v) is 5.95. The Morgan fingerprint density at radius 1 is 1.10 bits per heavy atom. The van der Waals surface area contributed by atoms with Crippen LogP contribution >= 0.6 is 0 Å². The summed E-state index contributed by atoms with van der Waals surface area (Å²) in [5.41, 5.74) is 1.35. The highest BCUT2D eigenvalue weighted by Crippen LogP contribution is 2.27. The number of pyridine rings is 1. The van der Waals surface area contributed by atoms with E-state index in [1.807, 2.05) is 0 Å². The second-order valence-corrected chi connectivity index (χ2v) is 4.36. The molecule has 0 fully saturated rings. The van der Waals surface area contributed by atoms with Gasteiger partial charge in [0.15, 0.2) is 11.9 Å². The van der Waals surface area contributed by atoms with Gasteiger partial charge in [0.2, 0.25) is 0 Å². The summed E-state index contributed by atoms with van der Waals surface area (Å²) in [7, 11) is 0. The van der Waals surface area contributed by atoms with E-state index < -0.39 is 24.0 Å². The Morgan fingerprint density at radius 2 is 1.81 bits per heavy atom. The van der Waals surface area contributed by atoms with E-state index in [-0.39, 0.29) is 0 Å². The van der Waals surface area contributed by atoms with Gasteiger partial charge in [-0.05, 0) is 19.9 Å². The maximum absolute atomic E-state index is 13.8. The Bertz CT molecular complexity index is 628. The van der Waals surface area contributed by atoms with Crippen molar-refractivity contribution in [3.8, 4) is 17.1 Å². The number of aromatic nitrogens is 3. The minimum absolute atomic E-state index is 0.298. The van der Waals surface area contributed by atoms with E-state index in [2.05, 4.69) is 19.7 Å². The first-order valence-electron chi connectivity index (χ1n) is 5.95. The van der Waals surface area contributed by atoms with Crippen LogP contribution in [0.3, 0.4) is 0 Å². The Kier molecular flexibility index (Phi) is 4.06. The minimum Gasteiger partial charge on any atom is -0.463 e. The summed E-state index contributed by atoms with van der Waals surface area (Å²) in [6.07, 6.45) is -2.64. The predicted octanol–water partition coefficient (Wildman–Crippen LogP) is 3.32. The number of halogens is 4. The van der Waals surface area contributed by atoms with Crippen molar-refractivity contribution in [1.29, 1.82) is 0 Å². The molecule has 1 unspecified atom stereocenters. The molecule has 0 bridgehead atoms. The molecule has 4 nitrogen and oxygen atoms in total. The fraction of sp³-hybridized carbons (Fsp3) is 0.308. The third kappa shape index (κ3) is 3.65. The number of hydrogen-bond donors (Lipinski definition) is 0. The van der Waals surface area contributed by atoms with Gasteiger partial charge in [0.05, 0.1) is 17.6 Å². The smallest absolute Gasteiger partial charge is 0.425 e. The molecule has 0 saturated carbocycles. The van der Waals surface area contributed by atoms with Gasteiger partial charge in [-0.25, -0.2) is 9.37 Å². The molecule has 0 spiro atoms. The van der Waals surface area contributed by atoms with Gasteiger partial charge in [-0.2, -0.15) is 13.2 Å². The van der Waals surface area contributed by atoms with E-state index in [1.165, 1.54) is 18.6 Å². The predicted molar refractivity (Wildman–Crippen MR) is 66.1 cm³/mol. The molecule has 2 aromatic heterocycles. The van der Waals surface area contributed by atoms with Crippen LogP contribution in [0.2, 0.25) is 0 Å². The van der Waals surface area contributed by atoms with Gasteiger partial charge in [0, 0.05) is 18.0 Å². The summed E-state index contributed by atoms with van der Waals surface area (Å²) in [6, 6.07) is 1.00. The lowest BCUT2D eigenvalue weighted by Crippen LogP contribution is -2.31. The molecular weight excluding hydrogens is 290 g/mol. The molecule has 0 radical (unpaired) electrons. The number of rotatable bonds is 3. The van der Waals surface area contributed by atoms with Crippen molar-refractivity contribution < 1.29 is 22.3 Å². The van der Waals surface area contributed by atoms with Crippen molar-refractivity contribution in [1.82, 2.24) is 15.0 Å². The Labute approximate surface area is 117 Å². The van der Waals surface area contributed by atoms with E-state index in [4.69, 9.17) is 0 Å². The zero-order valence-electron chi connectivity index (χ0n) is 11.1. The van der Waals surface area contributed by atoms with Gasteiger partial charge < -0.3 is 4.74 Å². The van der Waals surface area contributed by atoms with E-state index in [9.17, 15) is 17.6 Å². The molecule has 0 amide bonds. The minimum atomic E-state index is -4.59. The van der Waals surface area contributed by atoms with Crippen molar-refractivity contribution in [2.24, 2.45) is 0 Å². The highest BCUT2D eigenvalue weighted by molar-refractivity contribution is 5.57. The number of nitrogens with zero attached hydrogens (tertiary/aromatic N) is 3. The molecule has 8 heteroatoms. The number of hydrogen-bond acceptors (Lipinski definition) is 4. The molecule has 0 aliphatic carbocycles. The van der Waals surface area contributed by atoms with Crippen LogP contribution in [0, 0.1) is 12.7 Å². The summed E-state index contributed by atoms with van der Waals surface area (Å²) in [4.78, 5) is 11.6. The van der Waals surface area contributed by atoms with Gasteiger partial charge in [-0.3, -0.25) is 9.97 Å². The summed E-state index contributed by atoms with van der Waals surface area (Å²) >= 11 is 0. The van der Waals surface area contributed by atoms with Crippen LogP contribution in [-0.2, 0) is 0 Å². The van der Waals surface area contributed by atoms with Gasteiger partial charge in [0.25, 0.3) is 5.88 Å². The topological polar surface area (TPSA) is 47.9 Å². The zero-order chi connectivity index (χ0) is 15.6. The van der Waals surface area contributed by atoms with Gasteiger partial charge in [-0.15, -0.1) is 0 Å². The van der Waals surface area contributed by atoms with Gasteiger partial charge in [-0.1, -0.05) is 0 Å². The molecular formula is C13H11F4N3O. The third-order valence-electron chi connectivity index (χ3n) is 2.63. The molecule has 2 heterocycles. The SMILES string of the molecule is Cc1cnc(-c2cnc(OC(C)C(F)(F)F)c(F)c2)cn1. The summed E-state index contributed by atoms with van der Waals surface area (Å²) in [5.74, 6) is -1.70. The van der Waals surface area contributed by atoms with Gasteiger partial charge in [0.1, 0.15) is 0 Å². The molecule has 0 aliphatic heterocycles. The molecule has 1 atom stereocenters. The zero-order valence-corrected chi connectivity index (χ0v) is 11.1. The van der Waals surface area contributed by atoms with Crippen LogP contribution in [-0.4, -0.2) is 27.2 Å². The maximum Gasteiger partial charge on any atom is 0.425 e. The Hall–Kier alpha value is -2.25. The largest absolute Gasteiger partial charge is 0.463 e. The van der Waals surface area contributed by atoms with E-state index in [0.29, 0.717) is 17.0 Å². The summed E-state index contributed by atoms with van der Waals surface area (Å²) in [5, 5.41) is 0. The van der Waals surface area contributed by atoms with Crippen LogP contribution in [0.4, 0.5) is 17.6 Å². The summed E-state index contributed by atoms with van der Waals surface area (Å²) in [6.45, 7) is 2.52. The fourth-order valence-corrected chi connectivity index (χ4v) is 1.43. The van der Waals surface area contributed by atoms with Crippen molar-refractivity contribution in [2.45, 2.75) is 26.1 Å². The first-order chi connectivity index (χ1) is 9.77. The fourth-order valence-electron chi connectivity index (χ4n) is 1.43. The lowest BCUT2D eigenvalue weighted by atomic mass is 10.2. The van der Waals surface area contributed by atoms with Crippen molar-refractivity contribution in [2.75, 3.05) is 0 Å². The van der Waals surface area contributed by atoms with Crippen molar-refractivity contribution in [3.05, 3.63) is 36.2 Å². The second-order valence-electron chi connectivity index (χ2n) is 4.36. The van der Waals surface area contributed by atoms with E-state index in [1.54, 1.807) is 6.92 Å². The maximum atomic E-state index is 13.8. The monoisotopic (exact) mass is 301 g/mol. The molecule has 0 aromatic carbocycles. The van der Waals surface area contributed by atoms with Crippen LogP contribution in [0.1, 0.15) is 12.6 Å². The Balaban J connectivity index is 2.23. The van der Waals surface area contributed by atoms with Crippen molar-refractivity contribution in [3.63, 3.8) is 0 Å². The molecule has 0 N–H and O–H groups in total. The normalized spacial score (nSPS) is 13.0. The van der Waals surface area contributed by atoms with Crippen LogP contribution in [0.25, 0.3) is 11.3 Å². The van der Waals surface area contributed by atoms with Crippen LogP contribution in [0.5, 0.6) is 5.88 Å². The molecule has 0 aliphatic rings. The average Bonchev–Trinajstić information content (AvgIpc) is 2.41. The molecule has 0 saturated heterocycles. The Morgan fingerprint density at radius 3 is 2.33 bits per heavy atom. The second kappa shape index (κ2) is 5.63. The molecule has 2 rings (SSSR count). The number of aryl methyl sites for hydroxylation is 1. The number of alkyl halides is 3. The van der Waals surface area contributed by atoms with Crippen molar-refractivity contribution >= 4 is 0 Å². The first kappa shape index (κ1) is 15.1. The standard InChI is InChI=1S/C13H11F4N3O/c1-7-4-19-11(6-18-7)9-3-10(14)12(20-5-9)21-8(2)13(15,16)17/h3-6,8H,1-2H3. The quantitative estimate of drug-likeness (QED) is 0.816. The lowest BCUT2D eigenvalue weighted by molar-refractivity contribution is -0.190. The van der Waals surface area contributed by atoms with Gasteiger partial charge >= 0.3 is 6.18 Å². The third-order valence-corrected chi connectivity index (χ3v) is 2.63. The van der Waals surface area contributed by atoms with E-state index >= 15 is 0 Å². The van der Waals surface area contributed by atoms with Crippen LogP contribution < -0.4 is 4.74 Å². The highest BCUT2D eigenvalue weighted by Gasteiger charge is 2.38. The number of ether oxygens (including phenoxy) is 1. The van der Waals surface area contributed by atoms with E-state index in [0.717, 1.165) is 13.0 Å². The molecule has 2 aromatic rings.